The van der Waals surface area contributed by atoms with Gasteiger partial charge in [0.05, 0.1) is 27.7 Å². The molecule has 0 spiro atoms. The average molecular weight is 480 g/mol. The fourth-order valence-corrected chi connectivity index (χ4v) is 4.04. The normalized spacial score (nSPS) is 14.8. The first-order valence-electron chi connectivity index (χ1n) is 12.7. The van der Waals surface area contributed by atoms with Crippen LogP contribution in [-0.4, -0.2) is 57.5 Å². The summed E-state index contributed by atoms with van der Waals surface area (Å²) in [7, 11) is 1.45. The van der Waals surface area contributed by atoms with Crippen LogP contribution in [0.4, 0.5) is 0 Å². The van der Waals surface area contributed by atoms with E-state index in [1.807, 2.05) is 21.1 Å². The van der Waals surface area contributed by atoms with E-state index in [9.17, 15) is 14.3 Å². The van der Waals surface area contributed by atoms with Crippen molar-refractivity contribution in [1.29, 1.82) is 0 Å². The smallest absolute Gasteiger partial charge is 0.306 e. The van der Waals surface area contributed by atoms with Gasteiger partial charge in [-0.1, -0.05) is 84.0 Å². The maximum Gasteiger partial charge on any atom is 0.306 e. The molecule has 192 valence electrons. The minimum Gasteiger partial charge on any atom is -0.756 e. The maximum atomic E-state index is 11.9. The molecule has 0 N–H and O–H groups in total. The van der Waals surface area contributed by atoms with Crippen LogP contribution in [0.15, 0.2) is 0 Å². The number of rotatable bonds is 22. The van der Waals surface area contributed by atoms with Crippen LogP contribution in [0.5, 0.6) is 0 Å². The molecule has 0 aliphatic rings. The topological polar surface area (TPSA) is 84.9 Å². The summed E-state index contributed by atoms with van der Waals surface area (Å²) in [6.45, 7) is 4.24. The fraction of sp³-hybridized carbons (Fsp3) is 0.958. The summed E-state index contributed by atoms with van der Waals surface area (Å²) < 4.78 is 27.2. The second-order valence-electron chi connectivity index (χ2n) is 9.88. The van der Waals surface area contributed by atoms with Gasteiger partial charge >= 0.3 is 5.97 Å². The molecule has 0 aliphatic carbocycles. The molecule has 0 saturated heterocycles. The molecule has 0 amide bonds. The Balaban J connectivity index is 3.60. The van der Waals surface area contributed by atoms with Crippen molar-refractivity contribution in [1.82, 2.24) is 0 Å². The Hall–Kier alpha value is -0.460. The van der Waals surface area contributed by atoms with E-state index in [0.717, 1.165) is 19.3 Å². The summed E-state index contributed by atoms with van der Waals surface area (Å²) >= 11 is 0. The molecular formula is C24H50NO6P. The Kier molecular flexibility index (Phi) is 18.6. The van der Waals surface area contributed by atoms with Crippen molar-refractivity contribution in [3.8, 4) is 0 Å². The van der Waals surface area contributed by atoms with E-state index in [0.29, 0.717) is 17.4 Å². The van der Waals surface area contributed by atoms with Crippen molar-refractivity contribution >= 4 is 13.8 Å². The minimum absolute atomic E-state index is 0.0531. The van der Waals surface area contributed by atoms with Crippen molar-refractivity contribution in [3.05, 3.63) is 0 Å². The molecule has 1 unspecified atom stereocenters. The number of carbonyl (C=O) groups excluding carboxylic acids is 1. The average Bonchev–Trinajstić information content (AvgIpc) is 2.69. The van der Waals surface area contributed by atoms with Gasteiger partial charge in [-0.2, -0.15) is 0 Å². The summed E-state index contributed by atoms with van der Waals surface area (Å²) in [5.41, 5.74) is 0. The van der Waals surface area contributed by atoms with Gasteiger partial charge in [-0.15, -0.1) is 0 Å². The maximum absolute atomic E-state index is 11.9. The lowest BCUT2D eigenvalue weighted by Gasteiger charge is -2.27. The van der Waals surface area contributed by atoms with Gasteiger partial charge in [-0.25, -0.2) is 0 Å². The molecule has 0 saturated carbocycles. The van der Waals surface area contributed by atoms with E-state index in [1.165, 1.54) is 64.2 Å². The van der Waals surface area contributed by atoms with Gasteiger partial charge in [0, 0.05) is 6.42 Å². The molecule has 2 atom stereocenters. The third kappa shape index (κ3) is 22.7. The minimum atomic E-state index is -4.38. The van der Waals surface area contributed by atoms with Gasteiger partial charge < -0.3 is 23.2 Å². The van der Waals surface area contributed by atoms with E-state index in [-0.39, 0.29) is 19.2 Å². The lowest BCUT2D eigenvalue weighted by atomic mass is 10.0. The highest BCUT2D eigenvalue weighted by molar-refractivity contribution is 7.45. The summed E-state index contributed by atoms with van der Waals surface area (Å²) in [6.07, 6.45) is 16.0. The highest BCUT2D eigenvalue weighted by Crippen LogP contribution is 2.38. The number of ether oxygens (including phenoxy) is 1. The SMILES string of the molecule is CCCCCCCCCCCCCCCC(=O)O[C@H](C)COP(=O)([O-])OCC[N+](C)(C)C. The van der Waals surface area contributed by atoms with Crippen LogP contribution >= 0.6 is 7.82 Å². The summed E-state index contributed by atoms with van der Waals surface area (Å²) in [4.78, 5) is 23.7. The van der Waals surface area contributed by atoms with E-state index in [1.54, 1.807) is 6.92 Å². The van der Waals surface area contributed by atoms with Crippen LogP contribution in [0.25, 0.3) is 0 Å². The number of unbranched alkanes of at least 4 members (excludes halogenated alkanes) is 12. The van der Waals surface area contributed by atoms with Crippen LogP contribution < -0.4 is 4.89 Å². The molecule has 0 aliphatic heterocycles. The summed E-state index contributed by atoms with van der Waals surface area (Å²) in [5.74, 6) is -0.309. The molecule has 0 aromatic heterocycles. The van der Waals surface area contributed by atoms with Gasteiger partial charge in [0.25, 0.3) is 7.82 Å². The lowest BCUT2D eigenvalue weighted by molar-refractivity contribution is -0.870. The number of hydrogen-bond acceptors (Lipinski definition) is 6. The lowest BCUT2D eigenvalue weighted by Crippen LogP contribution is -2.37. The number of nitrogens with zero attached hydrogens (tertiary/aromatic N) is 1. The first kappa shape index (κ1) is 31.5. The van der Waals surface area contributed by atoms with Gasteiger partial charge in [0.2, 0.25) is 0 Å². The Morgan fingerprint density at radius 2 is 1.31 bits per heavy atom. The largest absolute Gasteiger partial charge is 0.756 e. The number of esters is 1. The Morgan fingerprint density at radius 1 is 0.844 bits per heavy atom. The third-order valence-electron chi connectivity index (χ3n) is 5.30. The number of quaternary nitrogens is 1. The van der Waals surface area contributed by atoms with Crippen LogP contribution in [0, 0.1) is 0 Å². The third-order valence-corrected chi connectivity index (χ3v) is 6.26. The Labute approximate surface area is 197 Å². The van der Waals surface area contributed by atoms with Crippen molar-refractivity contribution in [2.75, 3.05) is 40.9 Å². The van der Waals surface area contributed by atoms with Crippen LogP contribution in [0.3, 0.4) is 0 Å². The zero-order valence-electron chi connectivity index (χ0n) is 21.4. The van der Waals surface area contributed by atoms with E-state index < -0.39 is 13.9 Å². The number of hydrogen-bond donors (Lipinski definition) is 0. The zero-order valence-corrected chi connectivity index (χ0v) is 22.3. The molecule has 0 rings (SSSR count). The standard InChI is InChI=1S/C24H50NO6P/c1-6-7-8-9-10-11-12-13-14-15-16-17-18-19-24(26)31-23(2)22-30-32(27,28)29-21-20-25(3,4)5/h23H,6-22H2,1-5H3/t23-/m1/s1. The van der Waals surface area contributed by atoms with Crippen molar-refractivity contribution in [2.45, 2.75) is 110 Å². The van der Waals surface area contributed by atoms with Gasteiger partial charge in [-0.3, -0.25) is 9.36 Å². The summed E-state index contributed by atoms with van der Waals surface area (Å²) in [6, 6.07) is 0. The molecule has 0 radical (unpaired) electrons. The number of phosphoric ester groups is 1. The highest BCUT2D eigenvalue weighted by atomic mass is 31.2. The van der Waals surface area contributed by atoms with Crippen LogP contribution in [0.2, 0.25) is 0 Å². The molecule has 32 heavy (non-hydrogen) atoms. The second-order valence-corrected chi connectivity index (χ2v) is 11.3. The van der Waals surface area contributed by atoms with Crippen LogP contribution in [-0.2, 0) is 23.1 Å². The number of phosphoric acid groups is 1. The molecule has 0 aromatic carbocycles. The molecular weight excluding hydrogens is 429 g/mol. The van der Waals surface area contributed by atoms with E-state index >= 15 is 0 Å². The fourth-order valence-electron chi connectivity index (χ4n) is 3.26. The molecule has 8 heteroatoms. The first-order valence-corrected chi connectivity index (χ1v) is 14.1. The highest BCUT2D eigenvalue weighted by Gasteiger charge is 2.16. The van der Waals surface area contributed by atoms with E-state index in [2.05, 4.69) is 6.92 Å². The Morgan fingerprint density at radius 3 is 1.78 bits per heavy atom. The second kappa shape index (κ2) is 18.9. The predicted molar refractivity (Wildman–Crippen MR) is 128 cm³/mol. The number of likely N-dealkylation sites (N-methyl/N-ethyl adjacent to an activating group) is 1. The molecule has 0 fully saturated rings. The molecule has 0 aromatic rings. The quantitative estimate of drug-likeness (QED) is 0.0869. The Bertz CT molecular complexity index is 509. The number of carbonyl (C=O) groups is 1. The van der Waals surface area contributed by atoms with Crippen molar-refractivity contribution < 1.29 is 32.5 Å². The van der Waals surface area contributed by atoms with Crippen molar-refractivity contribution in [2.24, 2.45) is 0 Å². The monoisotopic (exact) mass is 479 g/mol. The summed E-state index contributed by atoms with van der Waals surface area (Å²) in [5, 5.41) is 0. The van der Waals surface area contributed by atoms with Gasteiger partial charge in [0.15, 0.2) is 0 Å². The predicted octanol–water partition coefficient (Wildman–Crippen LogP) is 5.61. The van der Waals surface area contributed by atoms with Gasteiger partial charge in [0.1, 0.15) is 19.3 Å². The van der Waals surface area contributed by atoms with Gasteiger partial charge in [-0.05, 0) is 13.3 Å². The van der Waals surface area contributed by atoms with E-state index in [4.69, 9.17) is 13.8 Å². The van der Waals surface area contributed by atoms with Crippen LogP contribution in [0.1, 0.15) is 104 Å². The molecule has 7 nitrogen and oxygen atoms in total. The molecule has 0 bridgehead atoms. The first-order chi connectivity index (χ1) is 15.1. The van der Waals surface area contributed by atoms with Crippen molar-refractivity contribution in [3.63, 3.8) is 0 Å². The molecule has 0 heterocycles. The zero-order chi connectivity index (χ0) is 24.3.